The fraction of sp³-hybridized carbons (Fsp3) is 0.538. The lowest BCUT2D eigenvalue weighted by Crippen LogP contribution is -2.24. The number of fused-ring (bicyclic) bond motifs is 1. The Morgan fingerprint density at radius 3 is 2.84 bits per heavy atom. The van der Waals surface area contributed by atoms with Crippen LogP contribution in [0.3, 0.4) is 0 Å². The summed E-state index contributed by atoms with van der Waals surface area (Å²) in [5.74, 6) is 0. The Labute approximate surface area is 123 Å². The summed E-state index contributed by atoms with van der Waals surface area (Å²) < 4.78 is 2.76. The summed E-state index contributed by atoms with van der Waals surface area (Å²) in [7, 11) is 0. The molecule has 0 atom stereocenters. The van der Waals surface area contributed by atoms with Gasteiger partial charge in [-0.3, -0.25) is 0 Å². The van der Waals surface area contributed by atoms with Gasteiger partial charge in [-0.25, -0.2) is 4.98 Å². The maximum Gasteiger partial charge on any atom is 0.179 e. The molecule has 0 aliphatic rings. The third-order valence-electron chi connectivity index (χ3n) is 3.33. The molecule has 19 heavy (non-hydrogen) atoms. The molecule has 0 saturated heterocycles. The molecule has 1 N–H and O–H groups in total. The van der Waals surface area contributed by atoms with Gasteiger partial charge in [-0.2, -0.15) is 0 Å². The molecule has 0 spiro atoms. The lowest BCUT2D eigenvalue weighted by Gasteiger charge is -2.17. The van der Waals surface area contributed by atoms with Crippen molar-refractivity contribution in [2.45, 2.75) is 26.8 Å². The molecule has 0 aliphatic heterocycles. The van der Waals surface area contributed by atoms with Crippen molar-refractivity contribution in [3.05, 3.63) is 22.1 Å². The van der Waals surface area contributed by atoms with Gasteiger partial charge >= 0.3 is 0 Å². The lowest BCUT2D eigenvalue weighted by atomic mass is 10.3. The SMILES string of the molecule is CCN(CC)CCCn1c(=S)[nH]c2cc(Cl)cnc21. The second-order valence-electron chi connectivity index (χ2n) is 4.49. The Balaban J connectivity index is 2.12. The highest BCUT2D eigenvalue weighted by Crippen LogP contribution is 2.16. The highest BCUT2D eigenvalue weighted by molar-refractivity contribution is 7.71. The van der Waals surface area contributed by atoms with Gasteiger partial charge in [-0.05, 0) is 44.3 Å². The predicted molar refractivity (Wildman–Crippen MR) is 82.3 cm³/mol. The largest absolute Gasteiger partial charge is 0.329 e. The van der Waals surface area contributed by atoms with Crippen LogP contribution in [0.2, 0.25) is 5.02 Å². The van der Waals surface area contributed by atoms with Crippen LogP contribution in [0.4, 0.5) is 0 Å². The number of rotatable bonds is 6. The lowest BCUT2D eigenvalue weighted by molar-refractivity contribution is 0.293. The first kappa shape index (κ1) is 14.5. The maximum atomic E-state index is 5.93. The zero-order chi connectivity index (χ0) is 13.8. The van der Waals surface area contributed by atoms with Gasteiger partial charge in [0.05, 0.1) is 10.5 Å². The van der Waals surface area contributed by atoms with Crippen LogP contribution in [0.25, 0.3) is 11.2 Å². The standard InChI is InChI=1S/C13H19ClN4S/c1-3-17(4-2)6-5-7-18-12-11(16-13(18)19)8-10(14)9-15-12/h8-9H,3-7H2,1-2H3,(H,16,19). The van der Waals surface area contributed by atoms with Crippen molar-refractivity contribution >= 4 is 35.0 Å². The zero-order valence-corrected chi connectivity index (χ0v) is 12.9. The average Bonchev–Trinajstić information content (AvgIpc) is 2.70. The summed E-state index contributed by atoms with van der Waals surface area (Å²) in [5.41, 5.74) is 1.79. The van der Waals surface area contributed by atoms with Crippen molar-refractivity contribution in [2.24, 2.45) is 0 Å². The number of H-pyrrole nitrogens is 1. The van der Waals surface area contributed by atoms with Crippen LogP contribution >= 0.6 is 23.8 Å². The number of nitrogens with zero attached hydrogens (tertiary/aromatic N) is 3. The molecular weight excluding hydrogens is 280 g/mol. The number of aromatic nitrogens is 3. The average molecular weight is 299 g/mol. The second kappa shape index (κ2) is 6.50. The Hall–Kier alpha value is -0.910. The maximum absolute atomic E-state index is 5.93. The van der Waals surface area contributed by atoms with Crippen LogP contribution in [0, 0.1) is 4.77 Å². The van der Waals surface area contributed by atoms with Crippen molar-refractivity contribution in [2.75, 3.05) is 19.6 Å². The molecule has 104 valence electrons. The Morgan fingerprint density at radius 1 is 1.42 bits per heavy atom. The van der Waals surface area contributed by atoms with Gasteiger partial charge in [-0.15, -0.1) is 0 Å². The molecule has 0 bridgehead atoms. The minimum absolute atomic E-state index is 0.624. The second-order valence-corrected chi connectivity index (χ2v) is 5.31. The fourth-order valence-electron chi connectivity index (χ4n) is 2.22. The van der Waals surface area contributed by atoms with Gasteiger partial charge in [0.2, 0.25) is 0 Å². The molecule has 0 aliphatic carbocycles. The van der Waals surface area contributed by atoms with Crippen molar-refractivity contribution in [3.8, 4) is 0 Å². The molecule has 2 aromatic rings. The van der Waals surface area contributed by atoms with E-state index < -0.39 is 0 Å². The zero-order valence-electron chi connectivity index (χ0n) is 11.3. The highest BCUT2D eigenvalue weighted by Gasteiger charge is 2.07. The van der Waals surface area contributed by atoms with E-state index in [9.17, 15) is 0 Å². The molecule has 4 nitrogen and oxygen atoms in total. The van der Waals surface area contributed by atoms with Gasteiger partial charge in [0.15, 0.2) is 10.4 Å². The van der Waals surface area contributed by atoms with Crippen LogP contribution < -0.4 is 0 Å². The van der Waals surface area contributed by atoms with Crippen LogP contribution in [-0.2, 0) is 6.54 Å². The Bertz CT molecular complexity index is 600. The number of pyridine rings is 1. The normalized spacial score (nSPS) is 11.6. The number of aryl methyl sites for hydroxylation is 1. The first-order valence-corrected chi connectivity index (χ1v) is 7.40. The number of imidazole rings is 1. The van der Waals surface area contributed by atoms with Crippen molar-refractivity contribution in [1.82, 2.24) is 19.4 Å². The van der Waals surface area contributed by atoms with Crippen LogP contribution in [0.15, 0.2) is 12.3 Å². The van der Waals surface area contributed by atoms with Crippen LogP contribution in [0.5, 0.6) is 0 Å². The molecule has 2 heterocycles. The van der Waals surface area contributed by atoms with E-state index in [2.05, 4.69) is 28.7 Å². The van der Waals surface area contributed by atoms with E-state index in [4.69, 9.17) is 23.8 Å². The molecule has 6 heteroatoms. The number of halogens is 1. The molecule has 0 saturated carbocycles. The van der Waals surface area contributed by atoms with Gasteiger partial charge in [0.1, 0.15) is 0 Å². The fourth-order valence-corrected chi connectivity index (χ4v) is 2.66. The van der Waals surface area contributed by atoms with Crippen LogP contribution in [0.1, 0.15) is 20.3 Å². The number of hydrogen-bond donors (Lipinski definition) is 1. The van der Waals surface area contributed by atoms with E-state index in [0.717, 1.165) is 43.8 Å². The monoisotopic (exact) mass is 298 g/mol. The summed E-state index contributed by atoms with van der Waals surface area (Å²) in [4.78, 5) is 9.92. The van der Waals surface area contributed by atoms with Gasteiger partial charge in [-0.1, -0.05) is 25.4 Å². The molecule has 0 unspecified atom stereocenters. The minimum atomic E-state index is 0.624. The summed E-state index contributed by atoms with van der Waals surface area (Å²) in [6.07, 6.45) is 2.72. The third-order valence-corrected chi connectivity index (χ3v) is 3.86. The molecule has 0 aromatic carbocycles. The Kier molecular flexibility index (Phi) is 4.96. The van der Waals surface area contributed by atoms with Crippen molar-refractivity contribution in [1.29, 1.82) is 0 Å². The van der Waals surface area contributed by atoms with Crippen molar-refractivity contribution < 1.29 is 0 Å². The first-order chi connectivity index (χ1) is 9.15. The molecule has 2 rings (SSSR count). The quantitative estimate of drug-likeness (QED) is 0.830. The molecule has 0 radical (unpaired) electrons. The van der Waals surface area contributed by atoms with Crippen LogP contribution in [-0.4, -0.2) is 39.1 Å². The number of aromatic amines is 1. The first-order valence-electron chi connectivity index (χ1n) is 6.62. The van der Waals surface area contributed by atoms with E-state index in [1.165, 1.54) is 0 Å². The topological polar surface area (TPSA) is 36.9 Å². The van der Waals surface area contributed by atoms with E-state index in [-0.39, 0.29) is 0 Å². The summed E-state index contributed by atoms with van der Waals surface area (Å²) in [6.45, 7) is 8.50. The summed E-state index contributed by atoms with van der Waals surface area (Å²) >= 11 is 11.3. The molecule has 2 aromatic heterocycles. The van der Waals surface area contributed by atoms with Gasteiger partial charge in [0.25, 0.3) is 0 Å². The van der Waals surface area contributed by atoms with E-state index in [1.54, 1.807) is 6.20 Å². The molecule has 0 fully saturated rings. The minimum Gasteiger partial charge on any atom is -0.329 e. The number of hydrogen-bond acceptors (Lipinski definition) is 3. The van der Waals surface area contributed by atoms with Gasteiger partial charge in [0, 0.05) is 12.7 Å². The van der Waals surface area contributed by atoms with Gasteiger partial charge < -0.3 is 14.5 Å². The Morgan fingerprint density at radius 2 is 2.16 bits per heavy atom. The molecule has 0 amide bonds. The van der Waals surface area contributed by atoms with Crippen molar-refractivity contribution in [3.63, 3.8) is 0 Å². The highest BCUT2D eigenvalue weighted by atomic mass is 35.5. The van der Waals surface area contributed by atoms with E-state index in [1.807, 2.05) is 10.6 Å². The number of nitrogens with one attached hydrogen (secondary N) is 1. The van der Waals surface area contributed by atoms with E-state index in [0.29, 0.717) is 9.79 Å². The smallest absolute Gasteiger partial charge is 0.179 e. The summed E-state index contributed by atoms with van der Waals surface area (Å²) in [6, 6.07) is 1.86. The molecular formula is C13H19ClN4S. The van der Waals surface area contributed by atoms with E-state index >= 15 is 0 Å². The predicted octanol–water partition coefficient (Wildman–Crippen LogP) is 3.48. The third kappa shape index (κ3) is 3.35. The summed E-state index contributed by atoms with van der Waals surface area (Å²) in [5, 5.41) is 0.624.